The Morgan fingerprint density at radius 3 is 2.73 bits per heavy atom. The zero-order valence-electron chi connectivity index (χ0n) is 9.16. The topological polar surface area (TPSA) is 44.2 Å². The molecule has 1 heterocycles. The highest BCUT2D eigenvalue weighted by Gasteiger charge is 2.11. The second kappa shape index (κ2) is 5.75. The Bertz CT molecular complexity index is 318. The average molecular weight is 231 g/mol. The lowest BCUT2D eigenvalue weighted by Crippen LogP contribution is -2.04. The van der Waals surface area contributed by atoms with Crippen LogP contribution in [-0.2, 0) is 0 Å². The summed E-state index contributed by atoms with van der Waals surface area (Å²) < 4.78 is 10.5. The van der Waals surface area contributed by atoms with Crippen molar-refractivity contribution in [2.45, 2.75) is 20.3 Å². The average Bonchev–Trinajstić information content (AvgIpc) is 2.17. The predicted octanol–water partition coefficient (Wildman–Crippen LogP) is 2.56. The molecule has 0 N–H and O–H groups in total. The van der Waals surface area contributed by atoms with Crippen molar-refractivity contribution in [1.82, 2.24) is 9.97 Å². The van der Waals surface area contributed by atoms with Crippen molar-refractivity contribution < 1.29 is 9.47 Å². The summed E-state index contributed by atoms with van der Waals surface area (Å²) in [5.41, 5.74) is 0. The van der Waals surface area contributed by atoms with Crippen LogP contribution in [0.1, 0.15) is 20.3 Å². The first-order valence-electron chi connectivity index (χ1n) is 4.82. The van der Waals surface area contributed by atoms with Gasteiger partial charge in [-0.3, -0.25) is 0 Å². The van der Waals surface area contributed by atoms with Crippen LogP contribution < -0.4 is 9.47 Å². The van der Waals surface area contributed by atoms with E-state index in [1.165, 1.54) is 13.4 Å². The molecule has 4 nitrogen and oxygen atoms in total. The molecule has 0 amide bonds. The van der Waals surface area contributed by atoms with Crippen molar-refractivity contribution in [3.63, 3.8) is 0 Å². The summed E-state index contributed by atoms with van der Waals surface area (Å²) in [5.74, 6) is 1.38. The van der Waals surface area contributed by atoms with E-state index in [9.17, 15) is 0 Å². The fourth-order valence-corrected chi connectivity index (χ4v) is 1.20. The van der Waals surface area contributed by atoms with E-state index in [1.807, 2.05) is 0 Å². The normalized spacial score (nSPS) is 10.5. The van der Waals surface area contributed by atoms with Crippen LogP contribution in [0.4, 0.5) is 0 Å². The van der Waals surface area contributed by atoms with Gasteiger partial charge in [-0.25, -0.2) is 4.98 Å². The Morgan fingerprint density at radius 2 is 2.13 bits per heavy atom. The number of nitrogens with zero attached hydrogens (tertiary/aromatic N) is 2. The van der Waals surface area contributed by atoms with Gasteiger partial charge in [0, 0.05) is 0 Å². The predicted molar refractivity (Wildman–Crippen MR) is 58.5 cm³/mol. The van der Waals surface area contributed by atoms with Crippen LogP contribution >= 0.6 is 11.6 Å². The van der Waals surface area contributed by atoms with E-state index in [0.717, 1.165) is 6.42 Å². The zero-order chi connectivity index (χ0) is 11.3. The van der Waals surface area contributed by atoms with Crippen molar-refractivity contribution in [3.8, 4) is 11.6 Å². The summed E-state index contributed by atoms with van der Waals surface area (Å²) in [5, 5.41) is 0.270. The largest absolute Gasteiger partial charge is 0.489 e. The molecule has 0 aliphatic heterocycles. The van der Waals surface area contributed by atoms with Gasteiger partial charge in [-0.05, 0) is 12.3 Å². The molecule has 0 fully saturated rings. The molecule has 0 bridgehead atoms. The number of hydrogen-bond donors (Lipinski definition) is 0. The Kier molecular flexibility index (Phi) is 4.62. The molecule has 0 saturated carbocycles. The number of methoxy groups -OCH3 is 1. The minimum absolute atomic E-state index is 0.270. The number of halogens is 1. The van der Waals surface area contributed by atoms with Gasteiger partial charge in [0.05, 0.1) is 13.7 Å². The maximum absolute atomic E-state index is 5.81. The van der Waals surface area contributed by atoms with Gasteiger partial charge in [0.2, 0.25) is 5.75 Å². The SMILES string of the molecule is COc1c(Cl)ncnc1OCCC(C)C. The molecule has 0 aromatic carbocycles. The molecule has 5 heteroatoms. The molecule has 84 valence electrons. The highest BCUT2D eigenvalue weighted by molar-refractivity contribution is 6.31. The molecule has 0 saturated heterocycles. The Labute approximate surface area is 94.6 Å². The lowest BCUT2D eigenvalue weighted by Gasteiger charge is -2.10. The summed E-state index contributed by atoms with van der Waals surface area (Å²) in [6.07, 6.45) is 2.32. The number of hydrogen-bond acceptors (Lipinski definition) is 4. The fourth-order valence-electron chi connectivity index (χ4n) is 1.00. The highest BCUT2D eigenvalue weighted by atomic mass is 35.5. The smallest absolute Gasteiger partial charge is 0.261 e. The van der Waals surface area contributed by atoms with Gasteiger partial charge in [-0.15, -0.1) is 0 Å². The van der Waals surface area contributed by atoms with Gasteiger partial charge >= 0.3 is 0 Å². The van der Waals surface area contributed by atoms with Crippen molar-refractivity contribution in [3.05, 3.63) is 11.5 Å². The highest BCUT2D eigenvalue weighted by Crippen LogP contribution is 2.30. The summed E-state index contributed by atoms with van der Waals surface area (Å²) in [6, 6.07) is 0. The lowest BCUT2D eigenvalue weighted by atomic mass is 10.1. The summed E-state index contributed by atoms with van der Waals surface area (Å²) in [6.45, 7) is 4.86. The second-order valence-electron chi connectivity index (χ2n) is 3.53. The molecule has 1 aromatic rings. The first-order valence-corrected chi connectivity index (χ1v) is 5.20. The van der Waals surface area contributed by atoms with Crippen LogP contribution in [0.3, 0.4) is 0 Å². The van der Waals surface area contributed by atoms with E-state index in [0.29, 0.717) is 24.2 Å². The van der Waals surface area contributed by atoms with E-state index >= 15 is 0 Å². The first-order chi connectivity index (χ1) is 7.15. The quantitative estimate of drug-likeness (QED) is 0.730. The molecular formula is C10H15ClN2O2. The summed E-state index contributed by atoms with van der Waals surface area (Å²) >= 11 is 5.81. The van der Waals surface area contributed by atoms with Crippen LogP contribution in [-0.4, -0.2) is 23.7 Å². The summed E-state index contributed by atoms with van der Waals surface area (Å²) in [4.78, 5) is 7.77. The third-order valence-electron chi connectivity index (χ3n) is 1.87. The maximum Gasteiger partial charge on any atom is 0.261 e. The molecule has 15 heavy (non-hydrogen) atoms. The number of ether oxygens (including phenoxy) is 2. The van der Waals surface area contributed by atoms with E-state index in [2.05, 4.69) is 23.8 Å². The Balaban J connectivity index is 2.64. The van der Waals surface area contributed by atoms with Gasteiger partial charge in [0.25, 0.3) is 5.88 Å². The maximum atomic E-state index is 5.81. The van der Waals surface area contributed by atoms with Gasteiger partial charge in [-0.2, -0.15) is 4.98 Å². The zero-order valence-corrected chi connectivity index (χ0v) is 9.91. The second-order valence-corrected chi connectivity index (χ2v) is 3.89. The van der Waals surface area contributed by atoms with Crippen molar-refractivity contribution in [2.75, 3.05) is 13.7 Å². The van der Waals surface area contributed by atoms with Gasteiger partial charge in [0.1, 0.15) is 6.33 Å². The molecule has 0 atom stereocenters. The van der Waals surface area contributed by atoms with E-state index in [-0.39, 0.29) is 5.15 Å². The van der Waals surface area contributed by atoms with E-state index in [4.69, 9.17) is 21.1 Å². The van der Waals surface area contributed by atoms with E-state index in [1.54, 1.807) is 0 Å². The molecule has 0 radical (unpaired) electrons. The van der Waals surface area contributed by atoms with Gasteiger partial charge in [-0.1, -0.05) is 25.4 Å². The van der Waals surface area contributed by atoms with Crippen molar-refractivity contribution >= 4 is 11.6 Å². The first kappa shape index (κ1) is 12.0. The Hall–Kier alpha value is -1.03. The lowest BCUT2D eigenvalue weighted by molar-refractivity contribution is 0.261. The molecule has 0 spiro atoms. The molecular weight excluding hydrogens is 216 g/mol. The van der Waals surface area contributed by atoms with Crippen LogP contribution in [0.2, 0.25) is 5.15 Å². The van der Waals surface area contributed by atoms with E-state index < -0.39 is 0 Å². The minimum Gasteiger partial charge on any atom is -0.489 e. The molecule has 0 unspecified atom stereocenters. The van der Waals surface area contributed by atoms with Gasteiger partial charge in [0.15, 0.2) is 5.15 Å². The van der Waals surface area contributed by atoms with Crippen molar-refractivity contribution in [2.24, 2.45) is 5.92 Å². The monoisotopic (exact) mass is 230 g/mol. The van der Waals surface area contributed by atoms with Gasteiger partial charge < -0.3 is 9.47 Å². The van der Waals surface area contributed by atoms with Crippen molar-refractivity contribution in [1.29, 1.82) is 0 Å². The third-order valence-corrected chi connectivity index (χ3v) is 2.14. The summed E-state index contributed by atoms with van der Waals surface area (Å²) in [7, 11) is 1.51. The minimum atomic E-state index is 0.270. The van der Waals surface area contributed by atoms with Crippen LogP contribution in [0.15, 0.2) is 6.33 Å². The fraction of sp³-hybridized carbons (Fsp3) is 0.600. The van der Waals surface area contributed by atoms with Crippen LogP contribution in [0, 0.1) is 5.92 Å². The number of aromatic nitrogens is 2. The number of rotatable bonds is 5. The molecule has 1 aromatic heterocycles. The van der Waals surface area contributed by atoms with Crippen LogP contribution in [0.5, 0.6) is 11.6 Å². The molecule has 1 rings (SSSR count). The molecule has 0 aliphatic rings. The molecule has 0 aliphatic carbocycles. The van der Waals surface area contributed by atoms with Crippen LogP contribution in [0.25, 0.3) is 0 Å². The standard InChI is InChI=1S/C10H15ClN2O2/c1-7(2)4-5-15-10-8(14-3)9(11)12-6-13-10/h6-7H,4-5H2,1-3H3. The third kappa shape index (κ3) is 3.55. The Morgan fingerprint density at radius 1 is 1.40 bits per heavy atom.